The van der Waals surface area contributed by atoms with E-state index < -0.39 is 0 Å². The van der Waals surface area contributed by atoms with Gasteiger partial charge in [0.2, 0.25) is 5.89 Å². The quantitative estimate of drug-likeness (QED) is 0.371. The van der Waals surface area contributed by atoms with Gasteiger partial charge in [0.1, 0.15) is 5.52 Å². The standard InChI is InChI=1S/C29H26N4O2/c34-28(22-13-12-20-6-1-2-7-21(20)18-22)31-25-10-4-3-9-24(25)29-32-27-23(8-5-11-26(27)35-29)19-33-16-14-30-15-17-33/h1-13,18,30H,14-17,19H2,(H,31,34). The summed E-state index contributed by atoms with van der Waals surface area (Å²) in [6.07, 6.45) is 0. The summed E-state index contributed by atoms with van der Waals surface area (Å²) in [6.45, 7) is 4.88. The monoisotopic (exact) mass is 462 g/mol. The number of hydrogen-bond acceptors (Lipinski definition) is 5. The van der Waals surface area contributed by atoms with Crippen LogP contribution in [0.25, 0.3) is 33.3 Å². The number of nitrogens with one attached hydrogen (secondary N) is 2. The fourth-order valence-corrected chi connectivity index (χ4v) is 4.66. The summed E-state index contributed by atoms with van der Waals surface area (Å²) >= 11 is 0. The minimum Gasteiger partial charge on any atom is -0.436 e. The third kappa shape index (κ3) is 4.41. The number of benzene rings is 4. The van der Waals surface area contributed by atoms with Crippen LogP contribution in [0.3, 0.4) is 0 Å². The lowest BCUT2D eigenvalue weighted by Crippen LogP contribution is -2.42. The second kappa shape index (κ2) is 9.33. The number of para-hydroxylation sites is 2. The highest BCUT2D eigenvalue weighted by Gasteiger charge is 2.18. The number of rotatable bonds is 5. The zero-order valence-electron chi connectivity index (χ0n) is 19.3. The second-order valence-electron chi connectivity index (χ2n) is 8.87. The molecule has 6 rings (SSSR count). The van der Waals surface area contributed by atoms with Crippen LogP contribution in [0.1, 0.15) is 15.9 Å². The number of carbonyl (C=O) groups excluding carboxylic acids is 1. The summed E-state index contributed by atoms with van der Waals surface area (Å²) in [4.78, 5) is 20.4. The second-order valence-corrected chi connectivity index (χ2v) is 8.87. The fraction of sp³-hybridized carbons (Fsp3) is 0.172. The number of fused-ring (bicyclic) bond motifs is 2. The maximum Gasteiger partial charge on any atom is 0.255 e. The maximum atomic E-state index is 13.1. The van der Waals surface area contributed by atoms with E-state index >= 15 is 0 Å². The van der Waals surface area contributed by atoms with Crippen molar-refractivity contribution < 1.29 is 9.21 Å². The van der Waals surface area contributed by atoms with E-state index in [1.165, 1.54) is 0 Å². The van der Waals surface area contributed by atoms with Crippen molar-refractivity contribution in [3.05, 3.63) is 96.1 Å². The minimum absolute atomic E-state index is 0.168. The van der Waals surface area contributed by atoms with Gasteiger partial charge < -0.3 is 15.1 Å². The molecule has 4 aromatic carbocycles. The Morgan fingerprint density at radius 2 is 1.71 bits per heavy atom. The molecule has 0 saturated carbocycles. The third-order valence-electron chi connectivity index (χ3n) is 6.52. The highest BCUT2D eigenvalue weighted by molar-refractivity contribution is 6.08. The average molecular weight is 463 g/mol. The van der Waals surface area contributed by atoms with E-state index in [4.69, 9.17) is 9.40 Å². The molecule has 0 atom stereocenters. The smallest absolute Gasteiger partial charge is 0.255 e. The van der Waals surface area contributed by atoms with Crippen molar-refractivity contribution in [1.82, 2.24) is 15.2 Å². The number of carbonyl (C=O) groups is 1. The van der Waals surface area contributed by atoms with Crippen LogP contribution in [0.5, 0.6) is 0 Å². The maximum absolute atomic E-state index is 13.1. The summed E-state index contributed by atoms with van der Waals surface area (Å²) in [7, 11) is 0. The van der Waals surface area contributed by atoms with E-state index in [0.29, 0.717) is 17.1 Å². The van der Waals surface area contributed by atoms with Gasteiger partial charge in [-0.15, -0.1) is 0 Å². The minimum atomic E-state index is -0.168. The molecule has 1 fully saturated rings. The predicted molar refractivity (Wildman–Crippen MR) is 139 cm³/mol. The lowest BCUT2D eigenvalue weighted by molar-refractivity contribution is 0.102. The van der Waals surface area contributed by atoms with E-state index in [1.807, 2.05) is 78.9 Å². The molecular weight excluding hydrogens is 436 g/mol. The zero-order valence-corrected chi connectivity index (χ0v) is 19.3. The van der Waals surface area contributed by atoms with Crippen molar-refractivity contribution in [3.63, 3.8) is 0 Å². The number of hydrogen-bond donors (Lipinski definition) is 2. The molecule has 0 aliphatic carbocycles. The zero-order chi connectivity index (χ0) is 23.6. The Labute approximate surface area is 203 Å². The molecule has 1 saturated heterocycles. The van der Waals surface area contributed by atoms with Gasteiger partial charge in [-0.3, -0.25) is 9.69 Å². The molecule has 6 heteroatoms. The van der Waals surface area contributed by atoms with Crippen molar-refractivity contribution in [2.45, 2.75) is 6.54 Å². The molecule has 174 valence electrons. The number of amides is 1. The normalized spacial score (nSPS) is 14.4. The lowest BCUT2D eigenvalue weighted by atomic mass is 10.1. The first-order valence-electron chi connectivity index (χ1n) is 12.0. The van der Waals surface area contributed by atoms with Crippen LogP contribution in [0.2, 0.25) is 0 Å². The van der Waals surface area contributed by atoms with Gasteiger partial charge >= 0.3 is 0 Å². The molecule has 0 spiro atoms. The fourth-order valence-electron chi connectivity index (χ4n) is 4.66. The molecule has 1 aliphatic rings. The van der Waals surface area contributed by atoms with E-state index in [9.17, 15) is 4.79 Å². The lowest BCUT2D eigenvalue weighted by Gasteiger charge is -2.27. The van der Waals surface area contributed by atoms with Crippen LogP contribution < -0.4 is 10.6 Å². The van der Waals surface area contributed by atoms with E-state index in [2.05, 4.69) is 21.6 Å². The van der Waals surface area contributed by atoms with Crippen molar-refractivity contribution in [2.24, 2.45) is 0 Å². The predicted octanol–water partition coefficient (Wildman–Crippen LogP) is 5.31. The summed E-state index contributed by atoms with van der Waals surface area (Å²) < 4.78 is 6.18. The van der Waals surface area contributed by atoms with Crippen LogP contribution in [-0.2, 0) is 6.54 Å². The van der Waals surface area contributed by atoms with Gasteiger partial charge in [0, 0.05) is 38.3 Å². The van der Waals surface area contributed by atoms with Gasteiger partial charge in [-0.25, -0.2) is 4.98 Å². The summed E-state index contributed by atoms with van der Waals surface area (Å²) in [5.41, 5.74) is 4.80. The third-order valence-corrected chi connectivity index (χ3v) is 6.52. The van der Waals surface area contributed by atoms with E-state index in [-0.39, 0.29) is 5.91 Å². The molecule has 5 aromatic rings. The first-order chi connectivity index (χ1) is 17.2. The summed E-state index contributed by atoms with van der Waals surface area (Å²) in [5.74, 6) is 0.334. The van der Waals surface area contributed by atoms with Crippen LogP contribution in [0, 0.1) is 0 Å². The van der Waals surface area contributed by atoms with Crippen LogP contribution in [0.15, 0.2) is 89.3 Å². The Bertz CT molecular complexity index is 1520. The topological polar surface area (TPSA) is 70.4 Å². The molecule has 0 radical (unpaired) electrons. The molecule has 0 unspecified atom stereocenters. The van der Waals surface area contributed by atoms with Gasteiger partial charge in [0.15, 0.2) is 5.58 Å². The first-order valence-corrected chi connectivity index (χ1v) is 12.0. The molecule has 1 aromatic heterocycles. The van der Waals surface area contributed by atoms with Crippen molar-refractivity contribution in [3.8, 4) is 11.5 Å². The number of oxazole rings is 1. The largest absolute Gasteiger partial charge is 0.436 e. The van der Waals surface area contributed by atoms with Gasteiger partial charge in [0.05, 0.1) is 11.3 Å². The number of piperazine rings is 1. The molecule has 1 amide bonds. The van der Waals surface area contributed by atoms with Crippen molar-refractivity contribution in [1.29, 1.82) is 0 Å². The Morgan fingerprint density at radius 1 is 0.914 bits per heavy atom. The van der Waals surface area contributed by atoms with Gasteiger partial charge in [0.25, 0.3) is 5.91 Å². The van der Waals surface area contributed by atoms with Gasteiger partial charge in [-0.1, -0.05) is 54.6 Å². The van der Waals surface area contributed by atoms with Crippen LogP contribution in [-0.4, -0.2) is 42.0 Å². The molecule has 0 bridgehead atoms. The van der Waals surface area contributed by atoms with Gasteiger partial charge in [-0.05, 0) is 46.7 Å². The molecule has 1 aliphatic heterocycles. The summed E-state index contributed by atoms with van der Waals surface area (Å²) in [6, 6.07) is 27.5. The average Bonchev–Trinajstić information content (AvgIpc) is 3.35. The van der Waals surface area contributed by atoms with E-state index in [0.717, 1.165) is 65.7 Å². The van der Waals surface area contributed by atoms with Crippen molar-refractivity contribution in [2.75, 3.05) is 31.5 Å². The first kappa shape index (κ1) is 21.5. The van der Waals surface area contributed by atoms with E-state index in [1.54, 1.807) is 0 Å². The molecule has 2 heterocycles. The van der Waals surface area contributed by atoms with Gasteiger partial charge in [-0.2, -0.15) is 0 Å². The van der Waals surface area contributed by atoms with Crippen molar-refractivity contribution >= 4 is 33.5 Å². The van der Waals surface area contributed by atoms with Crippen LogP contribution in [0.4, 0.5) is 5.69 Å². The Kier molecular flexibility index (Phi) is 5.74. The molecular formula is C29H26N4O2. The highest BCUT2D eigenvalue weighted by Crippen LogP contribution is 2.32. The van der Waals surface area contributed by atoms with Crippen LogP contribution >= 0.6 is 0 Å². The summed E-state index contributed by atoms with van der Waals surface area (Å²) in [5, 5.41) is 8.59. The SMILES string of the molecule is O=C(Nc1ccccc1-c1nc2c(CN3CCNCC3)cccc2o1)c1ccc2ccccc2c1. The Morgan fingerprint density at radius 3 is 2.60 bits per heavy atom. The molecule has 6 nitrogen and oxygen atoms in total. The number of aromatic nitrogens is 1. The number of anilines is 1. The number of nitrogens with zero attached hydrogens (tertiary/aromatic N) is 2. The molecule has 35 heavy (non-hydrogen) atoms. The Balaban J connectivity index is 1.30. The highest BCUT2D eigenvalue weighted by atomic mass is 16.3. The Hall–Kier alpha value is -4.00. The molecule has 2 N–H and O–H groups in total.